The summed E-state index contributed by atoms with van der Waals surface area (Å²) in [6, 6.07) is 0. The molecule has 0 amide bonds. The third-order valence-electron chi connectivity index (χ3n) is 2.49. The maximum absolute atomic E-state index is 12.7. The number of carbonyl (C=O) groups is 1. The number of halogens is 3. The van der Waals surface area contributed by atoms with E-state index in [4.69, 9.17) is 9.47 Å². The molecule has 0 saturated heterocycles. The summed E-state index contributed by atoms with van der Waals surface area (Å²) >= 11 is 0.679. The van der Waals surface area contributed by atoms with Gasteiger partial charge in [-0.2, -0.15) is 13.2 Å². The highest BCUT2D eigenvalue weighted by atomic mass is 32.1. The van der Waals surface area contributed by atoms with E-state index in [1.807, 2.05) is 0 Å². The largest absolute Gasteiger partial charge is 0.469 e. The fourth-order valence-electron chi connectivity index (χ4n) is 1.56. The molecule has 1 aromatic rings. The van der Waals surface area contributed by atoms with Gasteiger partial charge in [-0.15, -0.1) is 0 Å². The van der Waals surface area contributed by atoms with Crippen molar-refractivity contribution < 1.29 is 27.4 Å². The number of aryl methyl sites for hydroxylation is 1. The smallest absolute Gasteiger partial charge is 0.438 e. The van der Waals surface area contributed by atoms with Gasteiger partial charge in [-0.1, -0.05) is 11.3 Å². The highest BCUT2D eigenvalue weighted by molar-refractivity contribution is 7.13. The van der Waals surface area contributed by atoms with Crippen molar-refractivity contribution >= 4 is 17.3 Å². The number of nitrogens with zero attached hydrogens (tertiary/aromatic N) is 1. The molecule has 0 fully saturated rings. The van der Waals surface area contributed by atoms with Crippen LogP contribution in [0.3, 0.4) is 0 Å². The zero-order valence-corrected chi connectivity index (χ0v) is 11.4. The van der Waals surface area contributed by atoms with E-state index in [1.165, 1.54) is 13.2 Å². The molecule has 0 N–H and O–H groups in total. The lowest BCUT2D eigenvalue weighted by atomic mass is 10.1. The fourth-order valence-corrected chi connectivity index (χ4v) is 2.34. The van der Waals surface area contributed by atoms with E-state index in [0.29, 0.717) is 17.1 Å². The molecule has 2 rings (SSSR count). The third-order valence-corrected chi connectivity index (χ3v) is 3.34. The second-order valence-electron chi connectivity index (χ2n) is 3.98. The zero-order chi connectivity index (χ0) is 14.9. The average molecular weight is 305 g/mol. The van der Waals surface area contributed by atoms with Gasteiger partial charge < -0.3 is 9.47 Å². The number of ether oxygens (including phenoxy) is 2. The lowest BCUT2D eigenvalue weighted by molar-refractivity contribution is -0.143. The Labute approximate surface area is 116 Å². The molecule has 108 valence electrons. The first-order valence-corrected chi connectivity index (χ1v) is 6.39. The summed E-state index contributed by atoms with van der Waals surface area (Å²) in [5.41, 5.74) is -0.995. The summed E-state index contributed by atoms with van der Waals surface area (Å²) in [7, 11) is 0. The van der Waals surface area contributed by atoms with E-state index in [1.54, 1.807) is 13.0 Å². The van der Waals surface area contributed by atoms with E-state index < -0.39 is 22.9 Å². The molecule has 2 heterocycles. The van der Waals surface area contributed by atoms with Crippen LogP contribution in [-0.2, 0) is 15.7 Å². The molecule has 1 aliphatic heterocycles. The second-order valence-corrected chi connectivity index (χ2v) is 5.15. The van der Waals surface area contributed by atoms with Crippen LogP contribution >= 0.6 is 11.3 Å². The van der Waals surface area contributed by atoms with Crippen molar-refractivity contribution in [2.45, 2.75) is 26.4 Å². The maximum Gasteiger partial charge on any atom is 0.438 e. The monoisotopic (exact) mass is 305 g/mol. The van der Waals surface area contributed by atoms with Crippen molar-refractivity contribution in [3.63, 3.8) is 0 Å². The molecule has 0 radical (unpaired) electrons. The van der Waals surface area contributed by atoms with Gasteiger partial charge in [-0.25, -0.2) is 9.78 Å². The van der Waals surface area contributed by atoms with Crippen LogP contribution in [-0.4, -0.2) is 11.0 Å². The second kappa shape index (κ2) is 5.28. The minimum atomic E-state index is -4.66. The Balaban J connectivity index is 2.25. The van der Waals surface area contributed by atoms with Crippen LogP contribution in [0.15, 0.2) is 23.7 Å². The zero-order valence-electron chi connectivity index (χ0n) is 10.6. The summed E-state index contributed by atoms with van der Waals surface area (Å²) in [4.78, 5) is 15.2. The van der Waals surface area contributed by atoms with Gasteiger partial charge >= 0.3 is 12.1 Å². The number of hydrogen-bond acceptors (Lipinski definition) is 5. The molecule has 1 aliphatic rings. The Hall–Kier alpha value is -1.83. The van der Waals surface area contributed by atoms with E-state index in [-0.39, 0.29) is 17.0 Å². The van der Waals surface area contributed by atoms with Gasteiger partial charge in [-0.3, -0.25) is 0 Å². The number of esters is 1. The van der Waals surface area contributed by atoms with Gasteiger partial charge in [0.25, 0.3) is 0 Å². The van der Waals surface area contributed by atoms with Crippen LogP contribution < -0.4 is 4.74 Å². The maximum atomic E-state index is 12.7. The molecular weight excluding hydrogens is 295 g/mol. The van der Waals surface area contributed by atoms with Crippen molar-refractivity contribution in [1.82, 2.24) is 4.98 Å². The summed E-state index contributed by atoms with van der Waals surface area (Å²) in [6.45, 7) is 2.96. The summed E-state index contributed by atoms with van der Waals surface area (Å²) in [5.74, 6) is -0.548. The fraction of sp³-hybridized carbons (Fsp3) is 0.333. The Bertz CT molecular complexity index is 602. The normalized spacial score (nSPS) is 15.2. The topological polar surface area (TPSA) is 48.4 Å². The molecule has 20 heavy (non-hydrogen) atoms. The van der Waals surface area contributed by atoms with Crippen LogP contribution in [0.25, 0.3) is 0 Å². The molecule has 0 aliphatic carbocycles. The van der Waals surface area contributed by atoms with Crippen LogP contribution in [0.5, 0.6) is 5.06 Å². The number of hydrogen-bond donors (Lipinski definition) is 0. The molecule has 0 aromatic carbocycles. The number of aromatic nitrogens is 1. The third kappa shape index (κ3) is 3.01. The van der Waals surface area contributed by atoms with Crippen LogP contribution in [0.4, 0.5) is 13.2 Å². The Morgan fingerprint density at radius 1 is 1.45 bits per heavy atom. The molecule has 0 atom stereocenters. The number of carbonyl (C=O) groups excluding carboxylic acids is 1. The van der Waals surface area contributed by atoms with Gasteiger partial charge in [-0.05, 0) is 19.9 Å². The molecule has 0 spiro atoms. The van der Waals surface area contributed by atoms with Crippen LogP contribution in [0, 0.1) is 6.92 Å². The Kier molecular flexibility index (Phi) is 3.85. The number of alkyl halides is 3. The molecule has 0 bridgehead atoms. The van der Waals surface area contributed by atoms with E-state index in [2.05, 4.69) is 4.98 Å². The lowest BCUT2D eigenvalue weighted by Crippen LogP contribution is -2.16. The van der Waals surface area contributed by atoms with Gasteiger partial charge in [0.1, 0.15) is 5.76 Å². The molecule has 1 aromatic heterocycles. The van der Waals surface area contributed by atoms with Crippen molar-refractivity contribution in [2.24, 2.45) is 0 Å². The first-order valence-electron chi connectivity index (χ1n) is 5.57. The Morgan fingerprint density at radius 2 is 2.15 bits per heavy atom. The number of rotatable bonds is 2. The molecule has 0 unspecified atom stereocenters. The quantitative estimate of drug-likeness (QED) is 0.784. The lowest BCUT2D eigenvalue weighted by Gasteiger charge is -2.13. The highest BCUT2D eigenvalue weighted by Crippen LogP contribution is 2.39. The van der Waals surface area contributed by atoms with Gasteiger partial charge in [0.15, 0.2) is 5.69 Å². The first-order chi connectivity index (χ1) is 9.29. The van der Waals surface area contributed by atoms with Crippen LogP contribution in [0.1, 0.15) is 24.0 Å². The van der Waals surface area contributed by atoms with Crippen molar-refractivity contribution in [3.05, 3.63) is 34.4 Å². The SMILES string of the molecule is CC1=C(C(=O)Oc2sc(C)nc2C(F)(F)F)CC=CO1. The molecule has 0 saturated carbocycles. The summed E-state index contributed by atoms with van der Waals surface area (Å²) in [6.07, 6.45) is -1.42. The standard InChI is InChI=1S/C12H10F3NO3S/c1-6-8(4-3-5-18-6)10(17)19-11-9(12(13,14)15)16-7(2)20-11/h3,5H,4H2,1-2H3. The van der Waals surface area contributed by atoms with Crippen molar-refractivity contribution in [1.29, 1.82) is 0 Å². The van der Waals surface area contributed by atoms with Crippen molar-refractivity contribution in [3.8, 4) is 5.06 Å². The summed E-state index contributed by atoms with van der Waals surface area (Å²) in [5, 5.41) is -0.375. The van der Waals surface area contributed by atoms with Gasteiger partial charge in [0.05, 0.1) is 16.8 Å². The number of allylic oxidation sites excluding steroid dienone is 2. The van der Waals surface area contributed by atoms with Gasteiger partial charge in [0, 0.05) is 6.42 Å². The minimum Gasteiger partial charge on any atom is -0.469 e. The highest BCUT2D eigenvalue weighted by Gasteiger charge is 2.39. The molecular formula is C12H10F3NO3S. The average Bonchev–Trinajstić information content (AvgIpc) is 2.70. The number of thiazole rings is 1. The van der Waals surface area contributed by atoms with Crippen molar-refractivity contribution in [2.75, 3.05) is 0 Å². The van der Waals surface area contributed by atoms with E-state index in [9.17, 15) is 18.0 Å². The minimum absolute atomic E-state index is 0.172. The predicted octanol–water partition coefficient (Wildman–Crippen LogP) is 3.58. The summed E-state index contributed by atoms with van der Waals surface area (Å²) < 4.78 is 48.1. The Morgan fingerprint density at radius 3 is 2.75 bits per heavy atom. The van der Waals surface area contributed by atoms with E-state index in [0.717, 1.165) is 0 Å². The van der Waals surface area contributed by atoms with E-state index >= 15 is 0 Å². The van der Waals surface area contributed by atoms with Gasteiger partial charge in [0.2, 0.25) is 5.06 Å². The molecule has 8 heteroatoms. The first kappa shape index (κ1) is 14.6. The van der Waals surface area contributed by atoms with Crippen LogP contribution in [0.2, 0.25) is 0 Å². The predicted molar refractivity (Wildman–Crippen MR) is 65.0 cm³/mol. The molecule has 4 nitrogen and oxygen atoms in total.